The van der Waals surface area contributed by atoms with Crippen molar-refractivity contribution in [1.82, 2.24) is 4.83 Å². The molecule has 1 aliphatic rings. The number of rotatable bonds is 4. The minimum atomic E-state index is -3.74. The van der Waals surface area contributed by atoms with Crippen LogP contribution >= 0.6 is 11.6 Å². The molecule has 0 fully saturated rings. The van der Waals surface area contributed by atoms with Crippen LogP contribution in [0.4, 0.5) is 0 Å². The molecule has 0 aliphatic heterocycles. The van der Waals surface area contributed by atoms with E-state index in [-0.39, 0.29) is 10.1 Å². The molecule has 6 heteroatoms. The Bertz CT molecular complexity index is 839. The Balaban J connectivity index is 2.34. The van der Waals surface area contributed by atoms with Gasteiger partial charge in [0.15, 0.2) is 0 Å². The second-order valence-corrected chi connectivity index (χ2v) is 8.45. The van der Waals surface area contributed by atoms with Gasteiger partial charge in [-0.2, -0.15) is 18.4 Å². The number of hydrogen-bond donors (Lipinski definition) is 1. The molecule has 0 spiro atoms. The first-order chi connectivity index (χ1) is 11.0. The van der Waals surface area contributed by atoms with Gasteiger partial charge in [-0.1, -0.05) is 40.4 Å². The van der Waals surface area contributed by atoms with Gasteiger partial charge in [-0.05, 0) is 64.8 Å². The van der Waals surface area contributed by atoms with Crippen molar-refractivity contribution in [2.75, 3.05) is 0 Å². The SMILES string of the molecule is CC1=C(C)C(C)(/C(Cl)=N/NS(=O)(=O)c2ccc(C)cc2)C(C)=C1C. The fourth-order valence-corrected chi connectivity index (χ4v) is 4.07. The van der Waals surface area contributed by atoms with Gasteiger partial charge >= 0.3 is 0 Å². The van der Waals surface area contributed by atoms with Crippen LogP contribution in [0.25, 0.3) is 0 Å². The zero-order valence-corrected chi connectivity index (χ0v) is 16.4. The number of hydrogen-bond acceptors (Lipinski definition) is 3. The van der Waals surface area contributed by atoms with Gasteiger partial charge in [0.25, 0.3) is 10.0 Å². The van der Waals surface area contributed by atoms with Crippen LogP contribution < -0.4 is 4.83 Å². The van der Waals surface area contributed by atoms with Crippen LogP contribution in [0.3, 0.4) is 0 Å². The van der Waals surface area contributed by atoms with Crippen LogP contribution in [0.2, 0.25) is 0 Å². The van der Waals surface area contributed by atoms with E-state index in [0.29, 0.717) is 0 Å². The van der Waals surface area contributed by atoms with Crippen molar-refractivity contribution >= 4 is 26.8 Å². The lowest BCUT2D eigenvalue weighted by Gasteiger charge is -2.27. The summed E-state index contributed by atoms with van der Waals surface area (Å²) in [5.41, 5.74) is 4.92. The molecule has 0 heterocycles. The Morgan fingerprint density at radius 3 is 1.92 bits per heavy atom. The molecule has 0 bridgehead atoms. The second-order valence-electron chi connectivity index (χ2n) is 6.44. The van der Waals surface area contributed by atoms with Gasteiger partial charge in [-0.15, -0.1) is 0 Å². The molecule has 0 atom stereocenters. The van der Waals surface area contributed by atoms with Crippen LogP contribution in [0.1, 0.15) is 40.2 Å². The third-order valence-corrected chi connectivity index (χ3v) is 6.88. The summed E-state index contributed by atoms with van der Waals surface area (Å²) < 4.78 is 24.7. The molecule has 0 saturated carbocycles. The molecule has 4 nitrogen and oxygen atoms in total. The number of halogens is 1. The first-order valence-electron chi connectivity index (χ1n) is 7.70. The van der Waals surface area contributed by atoms with Crippen molar-refractivity contribution in [3.8, 4) is 0 Å². The van der Waals surface area contributed by atoms with Crippen molar-refractivity contribution in [2.45, 2.75) is 46.4 Å². The van der Waals surface area contributed by atoms with Gasteiger partial charge in [-0.3, -0.25) is 0 Å². The quantitative estimate of drug-likeness (QED) is 0.629. The third-order valence-electron chi connectivity index (χ3n) is 5.20. The predicted molar refractivity (Wildman–Crippen MR) is 99.6 cm³/mol. The molecular formula is C18H23ClN2O2S. The standard InChI is InChI=1S/C18H23ClN2O2S/c1-11-7-9-16(10-8-11)24(22,23)21-20-17(19)18(6)14(4)12(2)13(3)15(18)5/h7-10,21H,1-6H3/b20-17-. The highest BCUT2D eigenvalue weighted by Crippen LogP contribution is 2.48. The number of hydrazone groups is 1. The van der Waals surface area contributed by atoms with Crippen LogP contribution in [0.5, 0.6) is 0 Å². The summed E-state index contributed by atoms with van der Waals surface area (Å²) in [4.78, 5) is 2.41. The molecule has 130 valence electrons. The third kappa shape index (κ3) is 3.03. The van der Waals surface area contributed by atoms with Gasteiger partial charge in [0.2, 0.25) is 0 Å². The summed E-state index contributed by atoms with van der Waals surface area (Å²) in [5.74, 6) is 0. The molecule has 0 aromatic heterocycles. The zero-order valence-electron chi connectivity index (χ0n) is 14.9. The predicted octanol–water partition coefficient (Wildman–Crippen LogP) is 4.52. The smallest absolute Gasteiger partial charge is 0.200 e. The molecule has 0 radical (unpaired) electrons. The molecule has 0 saturated heterocycles. The largest absolute Gasteiger partial charge is 0.276 e. The number of nitrogens with one attached hydrogen (secondary N) is 1. The van der Waals surface area contributed by atoms with Gasteiger partial charge in [-0.25, -0.2) is 0 Å². The molecule has 24 heavy (non-hydrogen) atoms. The van der Waals surface area contributed by atoms with E-state index >= 15 is 0 Å². The fourth-order valence-electron chi connectivity index (χ4n) is 2.89. The lowest BCUT2D eigenvalue weighted by Crippen LogP contribution is -2.29. The maximum Gasteiger partial charge on any atom is 0.276 e. The Kier molecular flexibility index (Phi) is 4.98. The minimum absolute atomic E-state index is 0.157. The Morgan fingerprint density at radius 2 is 1.46 bits per heavy atom. The molecule has 1 N–H and O–H groups in total. The summed E-state index contributed by atoms with van der Waals surface area (Å²) >= 11 is 6.42. The fraction of sp³-hybridized carbons (Fsp3) is 0.389. The summed E-state index contributed by atoms with van der Waals surface area (Å²) in [5, 5.41) is 4.21. The maximum atomic E-state index is 12.4. The monoisotopic (exact) mass is 366 g/mol. The average molecular weight is 367 g/mol. The summed E-state index contributed by atoms with van der Waals surface area (Å²) in [6.45, 7) is 11.9. The molecule has 1 aromatic carbocycles. The number of allylic oxidation sites excluding steroid dienone is 4. The van der Waals surface area contributed by atoms with E-state index < -0.39 is 15.4 Å². The van der Waals surface area contributed by atoms with E-state index in [0.717, 1.165) is 16.7 Å². The summed E-state index contributed by atoms with van der Waals surface area (Å²) in [6.07, 6.45) is 0. The molecule has 1 aromatic rings. The van der Waals surface area contributed by atoms with Gasteiger partial charge < -0.3 is 0 Å². The van der Waals surface area contributed by atoms with Crippen molar-refractivity contribution < 1.29 is 8.42 Å². The van der Waals surface area contributed by atoms with E-state index in [2.05, 4.69) is 9.93 Å². The van der Waals surface area contributed by atoms with Crippen LogP contribution in [-0.2, 0) is 10.0 Å². The Labute approximate surface area is 149 Å². The van der Waals surface area contributed by atoms with E-state index in [9.17, 15) is 8.42 Å². The number of nitrogens with zero attached hydrogens (tertiary/aromatic N) is 1. The molecule has 0 amide bonds. The normalized spacial score (nSPS) is 18.4. The van der Waals surface area contributed by atoms with Crippen molar-refractivity contribution in [1.29, 1.82) is 0 Å². The number of aryl methyl sites for hydroxylation is 1. The topological polar surface area (TPSA) is 58.5 Å². The van der Waals surface area contributed by atoms with Crippen LogP contribution in [-0.4, -0.2) is 13.6 Å². The Hall–Kier alpha value is -1.59. The van der Waals surface area contributed by atoms with Gasteiger partial charge in [0, 0.05) is 0 Å². The van der Waals surface area contributed by atoms with Gasteiger partial charge in [0.1, 0.15) is 5.17 Å². The first-order valence-corrected chi connectivity index (χ1v) is 9.56. The maximum absolute atomic E-state index is 12.4. The highest BCUT2D eigenvalue weighted by Gasteiger charge is 2.40. The molecule has 2 rings (SSSR count). The second kappa shape index (κ2) is 6.37. The number of sulfonamides is 1. The number of benzene rings is 1. The molecule has 1 aliphatic carbocycles. The first kappa shape index (κ1) is 18.7. The van der Waals surface area contributed by atoms with Crippen molar-refractivity contribution in [2.24, 2.45) is 10.5 Å². The average Bonchev–Trinajstić information content (AvgIpc) is 2.69. The van der Waals surface area contributed by atoms with E-state index in [1.54, 1.807) is 24.3 Å². The molecular weight excluding hydrogens is 344 g/mol. The summed E-state index contributed by atoms with van der Waals surface area (Å²) in [7, 11) is -3.74. The molecule has 0 unspecified atom stereocenters. The minimum Gasteiger partial charge on any atom is -0.200 e. The van der Waals surface area contributed by atoms with Crippen molar-refractivity contribution in [3.63, 3.8) is 0 Å². The van der Waals surface area contributed by atoms with Crippen LogP contribution in [0.15, 0.2) is 56.6 Å². The van der Waals surface area contributed by atoms with E-state index in [1.165, 1.54) is 11.1 Å². The zero-order chi connectivity index (χ0) is 18.3. The van der Waals surface area contributed by atoms with E-state index in [4.69, 9.17) is 11.6 Å². The summed E-state index contributed by atoms with van der Waals surface area (Å²) in [6, 6.07) is 6.57. The van der Waals surface area contributed by atoms with Gasteiger partial charge in [0.05, 0.1) is 10.3 Å². The highest BCUT2D eigenvalue weighted by molar-refractivity contribution is 7.89. The lowest BCUT2D eigenvalue weighted by atomic mass is 9.80. The highest BCUT2D eigenvalue weighted by atomic mass is 35.5. The lowest BCUT2D eigenvalue weighted by molar-refractivity contribution is 0.583. The van der Waals surface area contributed by atoms with Crippen LogP contribution in [0, 0.1) is 12.3 Å². The van der Waals surface area contributed by atoms with E-state index in [1.807, 2.05) is 41.5 Å². The van der Waals surface area contributed by atoms with Crippen molar-refractivity contribution in [3.05, 3.63) is 52.1 Å². The Morgan fingerprint density at radius 1 is 1.00 bits per heavy atom.